The Morgan fingerprint density at radius 1 is 1.16 bits per heavy atom. The average Bonchev–Trinajstić information content (AvgIpc) is 3.49. The number of furan rings is 1. The van der Waals surface area contributed by atoms with Gasteiger partial charge in [-0.2, -0.15) is 0 Å². The van der Waals surface area contributed by atoms with E-state index < -0.39 is 0 Å². The molecule has 0 aliphatic carbocycles. The van der Waals surface area contributed by atoms with Crippen LogP contribution < -0.4 is 9.64 Å². The summed E-state index contributed by atoms with van der Waals surface area (Å²) in [5, 5.41) is 0.711. The lowest BCUT2D eigenvalue weighted by atomic mass is 10.3. The molecule has 0 bridgehead atoms. The molecule has 0 saturated carbocycles. The van der Waals surface area contributed by atoms with Gasteiger partial charge in [0.05, 0.1) is 30.1 Å². The van der Waals surface area contributed by atoms with E-state index in [1.165, 1.54) is 9.79 Å². The van der Waals surface area contributed by atoms with Gasteiger partial charge in [0.15, 0.2) is 5.13 Å². The lowest BCUT2D eigenvalue weighted by Crippen LogP contribution is -2.30. The van der Waals surface area contributed by atoms with Crippen molar-refractivity contribution >= 4 is 56.1 Å². The second-order valence-electron chi connectivity index (χ2n) is 7.02. The van der Waals surface area contributed by atoms with Gasteiger partial charge in [0.25, 0.3) is 0 Å². The Morgan fingerprint density at radius 3 is 2.69 bits per heavy atom. The number of nitrogens with zero attached hydrogens (tertiary/aromatic N) is 2. The quantitative estimate of drug-likeness (QED) is 0.184. The molecule has 0 fully saturated rings. The second-order valence-corrected chi connectivity index (χ2v) is 10.1. The molecule has 2 heterocycles. The van der Waals surface area contributed by atoms with Crippen molar-refractivity contribution in [2.75, 3.05) is 24.0 Å². The molecule has 0 N–H and O–H groups in total. The molecule has 0 unspecified atom stereocenters. The molecule has 5 nitrogen and oxygen atoms in total. The van der Waals surface area contributed by atoms with Crippen LogP contribution >= 0.6 is 34.9 Å². The molecule has 8 heteroatoms. The Bertz CT molecular complexity index is 1160. The number of methoxy groups -OCH3 is 1. The van der Waals surface area contributed by atoms with Gasteiger partial charge in [0.2, 0.25) is 5.91 Å². The highest BCUT2D eigenvalue weighted by atomic mass is 32.2. The number of rotatable bonds is 10. The molecule has 0 radical (unpaired) electrons. The number of thiazole rings is 1. The third-order valence-corrected chi connectivity index (χ3v) is 7.74. The lowest BCUT2D eigenvalue weighted by molar-refractivity contribution is -0.118. The summed E-state index contributed by atoms with van der Waals surface area (Å²) in [4.78, 5) is 22.0. The summed E-state index contributed by atoms with van der Waals surface area (Å²) in [7, 11) is 1.66. The zero-order valence-electron chi connectivity index (χ0n) is 17.9. The van der Waals surface area contributed by atoms with Crippen LogP contribution in [0.1, 0.15) is 18.6 Å². The van der Waals surface area contributed by atoms with E-state index in [0.717, 1.165) is 33.9 Å². The van der Waals surface area contributed by atoms with Gasteiger partial charge in [0.1, 0.15) is 11.5 Å². The Hall–Kier alpha value is -2.42. The van der Waals surface area contributed by atoms with Gasteiger partial charge in [-0.15, -0.1) is 23.5 Å². The first-order valence-corrected chi connectivity index (χ1v) is 13.2. The highest BCUT2D eigenvalue weighted by Crippen LogP contribution is 2.33. The maximum Gasteiger partial charge on any atom is 0.229 e. The molecule has 1 amide bonds. The van der Waals surface area contributed by atoms with Crippen molar-refractivity contribution < 1.29 is 13.9 Å². The second kappa shape index (κ2) is 10.9. The van der Waals surface area contributed by atoms with Crippen LogP contribution in [0.15, 0.2) is 75.1 Å². The van der Waals surface area contributed by atoms with Crippen LogP contribution in [0.4, 0.5) is 5.13 Å². The molecular formula is C24H24N2O3S3. The summed E-state index contributed by atoms with van der Waals surface area (Å²) < 4.78 is 11.8. The van der Waals surface area contributed by atoms with Crippen LogP contribution in [0.2, 0.25) is 0 Å². The minimum atomic E-state index is 0.0564. The standard InChI is InChI=1S/C24H24N2O3S3/c1-28-17-7-9-19(10-8-17)31-14-4-6-23(27)26(16-18-5-3-13-29-18)24-25-21-12-11-20(30-2)15-22(21)32-24/h3,5,7-13,15H,4,6,14,16H2,1-2H3. The number of anilines is 1. The largest absolute Gasteiger partial charge is 0.497 e. The molecular weight excluding hydrogens is 460 g/mol. The summed E-state index contributed by atoms with van der Waals surface area (Å²) in [6, 6.07) is 17.9. The average molecular weight is 485 g/mol. The summed E-state index contributed by atoms with van der Waals surface area (Å²) in [5.41, 5.74) is 0.912. The van der Waals surface area contributed by atoms with Crippen molar-refractivity contribution in [1.82, 2.24) is 4.98 Å². The molecule has 166 valence electrons. The summed E-state index contributed by atoms with van der Waals surface area (Å²) in [6.07, 6.45) is 4.92. The van der Waals surface area contributed by atoms with E-state index in [2.05, 4.69) is 18.4 Å². The number of hydrogen-bond acceptors (Lipinski definition) is 7. The minimum absolute atomic E-state index is 0.0564. The molecule has 0 saturated heterocycles. The first kappa shape index (κ1) is 22.8. The molecule has 0 aliphatic heterocycles. The summed E-state index contributed by atoms with van der Waals surface area (Å²) >= 11 is 4.99. The number of amides is 1. The minimum Gasteiger partial charge on any atom is -0.497 e. The topological polar surface area (TPSA) is 55.6 Å². The number of benzene rings is 2. The van der Waals surface area contributed by atoms with Gasteiger partial charge >= 0.3 is 0 Å². The van der Waals surface area contributed by atoms with Crippen molar-refractivity contribution in [2.45, 2.75) is 29.2 Å². The predicted molar refractivity (Wildman–Crippen MR) is 134 cm³/mol. The van der Waals surface area contributed by atoms with Crippen LogP contribution in [0, 0.1) is 0 Å². The predicted octanol–water partition coefficient (Wildman–Crippen LogP) is 6.73. The summed E-state index contributed by atoms with van der Waals surface area (Å²) in [6.45, 7) is 0.382. The zero-order valence-corrected chi connectivity index (χ0v) is 20.4. The molecule has 32 heavy (non-hydrogen) atoms. The van der Waals surface area contributed by atoms with Crippen LogP contribution in [-0.4, -0.2) is 30.0 Å². The van der Waals surface area contributed by atoms with Gasteiger partial charge in [-0.05, 0) is 73.0 Å². The van der Waals surface area contributed by atoms with E-state index >= 15 is 0 Å². The number of carbonyl (C=O) groups excluding carboxylic acids is 1. The third-order valence-electron chi connectivity index (χ3n) is 4.87. The number of fused-ring (bicyclic) bond motifs is 1. The fourth-order valence-electron chi connectivity index (χ4n) is 3.18. The Kier molecular flexibility index (Phi) is 7.78. The van der Waals surface area contributed by atoms with Crippen molar-refractivity contribution in [2.24, 2.45) is 0 Å². The smallest absolute Gasteiger partial charge is 0.229 e. The van der Waals surface area contributed by atoms with Crippen molar-refractivity contribution in [3.63, 3.8) is 0 Å². The SMILES string of the molecule is COc1ccc(SCCCC(=O)N(Cc2ccco2)c2nc3ccc(SC)cc3s2)cc1. The van der Waals surface area contributed by atoms with Crippen LogP contribution in [0.25, 0.3) is 10.2 Å². The molecule has 2 aromatic heterocycles. The maximum atomic E-state index is 13.2. The molecule has 4 rings (SSSR count). The fraction of sp³-hybridized carbons (Fsp3) is 0.250. The van der Waals surface area contributed by atoms with Crippen LogP contribution in [0.5, 0.6) is 5.75 Å². The van der Waals surface area contributed by atoms with E-state index in [1.807, 2.05) is 42.5 Å². The maximum absolute atomic E-state index is 13.2. The molecule has 0 aliphatic rings. The molecule has 4 aromatic rings. The van der Waals surface area contributed by atoms with Gasteiger partial charge < -0.3 is 9.15 Å². The Morgan fingerprint density at radius 2 is 1.97 bits per heavy atom. The van der Waals surface area contributed by atoms with E-state index in [1.54, 1.807) is 53.1 Å². The number of ether oxygens (including phenoxy) is 1. The number of thioether (sulfide) groups is 2. The third kappa shape index (κ3) is 5.68. The Labute approximate surface area is 200 Å². The highest BCUT2D eigenvalue weighted by molar-refractivity contribution is 7.99. The first-order chi connectivity index (χ1) is 15.7. The van der Waals surface area contributed by atoms with E-state index in [4.69, 9.17) is 14.1 Å². The molecule has 0 spiro atoms. The van der Waals surface area contributed by atoms with E-state index in [-0.39, 0.29) is 5.91 Å². The summed E-state index contributed by atoms with van der Waals surface area (Å²) in [5.74, 6) is 2.51. The molecule has 0 atom stereocenters. The fourth-order valence-corrected chi connectivity index (χ4v) is 5.57. The van der Waals surface area contributed by atoms with Gasteiger partial charge in [-0.1, -0.05) is 11.3 Å². The van der Waals surface area contributed by atoms with Crippen LogP contribution in [-0.2, 0) is 11.3 Å². The first-order valence-electron chi connectivity index (χ1n) is 10.2. The number of aromatic nitrogens is 1. The van der Waals surface area contributed by atoms with Gasteiger partial charge in [-0.3, -0.25) is 9.69 Å². The van der Waals surface area contributed by atoms with Gasteiger partial charge in [-0.25, -0.2) is 4.98 Å². The molecule has 2 aromatic carbocycles. The van der Waals surface area contributed by atoms with E-state index in [0.29, 0.717) is 18.1 Å². The Balaban J connectivity index is 1.43. The highest BCUT2D eigenvalue weighted by Gasteiger charge is 2.21. The zero-order chi connectivity index (χ0) is 22.3. The number of hydrogen-bond donors (Lipinski definition) is 0. The number of carbonyl (C=O) groups is 1. The lowest BCUT2D eigenvalue weighted by Gasteiger charge is -2.18. The van der Waals surface area contributed by atoms with Crippen LogP contribution in [0.3, 0.4) is 0 Å². The normalized spacial score (nSPS) is 11.1. The monoisotopic (exact) mass is 484 g/mol. The van der Waals surface area contributed by atoms with E-state index in [9.17, 15) is 4.79 Å². The van der Waals surface area contributed by atoms with Crippen molar-refractivity contribution in [3.8, 4) is 5.75 Å². The van der Waals surface area contributed by atoms with Gasteiger partial charge in [0, 0.05) is 16.2 Å². The van der Waals surface area contributed by atoms with Crippen molar-refractivity contribution in [1.29, 1.82) is 0 Å². The van der Waals surface area contributed by atoms with Crippen molar-refractivity contribution in [3.05, 3.63) is 66.6 Å².